The van der Waals surface area contributed by atoms with E-state index >= 15 is 0 Å². The van der Waals surface area contributed by atoms with Gasteiger partial charge in [0.2, 0.25) is 5.91 Å². The third-order valence-electron chi connectivity index (χ3n) is 4.07. The number of hydrogen-bond acceptors (Lipinski definition) is 3. The molecule has 0 bridgehead atoms. The third kappa shape index (κ3) is 2.88. The molecule has 1 fully saturated rings. The van der Waals surface area contributed by atoms with Crippen LogP contribution in [0.1, 0.15) is 30.9 Å². The van der Waals surface area contributed by atoms with Crippen molar-refractivity contribution in [3.63, 3.8) is 0 Å². The molecule has 0 aromatic heterocycles. The van der Waals surface area contributed by atoms with Gasteiger partial charge in [0, 0.05) is 24.8 Å². The number of ether oxygens (including phenoxy) is 2. The van der Waals surface area contributed by atoms with Crippen LogP contribution in [-0.2, 0) is 22.5 Å². The molecule has 0 N–H and O–H groups in total. The maximum atomic E-state index is 14.2. The van der Waals surface area contributed by atoms with Gasteiger partial charge in [-0.25, -0.2) is 4.39 Å². The topological polar surface area (TPSA) is 38.8 Å². The summed E-state index contributed by atoms with van der Waals surface area (Å²) in [6.07, 6.45) is 1.87. The number of rotatable bonds is 4. The SMILES string of the molecule is CCCOc1cc(F)c2c(c1)CN(C1CCOC1)C(=O)C2. The Balaban J connectivity index is 1.84. The predicted molar refractivity (Wildman–Crippen MR) is 75.7 cm³/mol. The molecule has 2 heterocycles. The fraction of sp³-hybridized carbons (Fsp3) is 0.562. The monoisotopic (exact) mass is 293 g/mol. The molecular weight excluding hydrogens is 273 g/mol. The van der Waals surface area contributed by atoms with E-state index in [2.05, 4.69) is 0 Å². The van der Waals surface area contributed by atoms with E-state index in [9.17, 15) is 9.18 Å². The smallest absolute Gasteiger partial charge is 0.227 e. The standard InChI is InChI=1S/C16H20FNO3/c1-2-4-21-13-6-11-9-18(12-3-5-20-10-12)16(19)8-14(11)15(17)7-13/h6-7,12H,2-5,8-10H2,1H3. The molecule has 1 atom stereocenters. The summed E-state index contributed by atoms with van der Waals surface area (Å²) in [5.74, 6) is 0.193. The van der Waals surface area contributed by atoms with Crippen molar-refractivity contribution in [2.45, 2.75) is 38.8 Å². The van der Waals surface area contributed by atoms with Crippen LogP contribution in [0.25, 0.3) is 0 Å². The molecule has 2 aliphatic heterocycles. The van der Waals surface area contributed by atoms with Crippen molar-refractivity contribution in [2.24, 2.45) is 0 Å². The summed E-state index contributed by atoms with van der Waals surface area (Å²) in [6.45, 7) is 4.29. The highest BCUT2D eigenvalue weighted by Crippen LogP contribution is 2.29. The Hall–Kier alpha value is -1.62. The van der Waals surface area contributed by atoms with Crippen molar-refractivity contribution in [1.29, 1.82) is 0 Å². The van der Waals surface area contributed by atoms with Gasteiger partial charge in [-0.2, -0.15) is 0 Å². The zero-order valence-electron chi connectivity index (χ0n) is 12.2. The second-order valence-corrected chi connectivity index (χ2v) is 5.61. The van der Waals surface area contributed by atoms with Crippen LogP contribution in [0.3, 0.4) is 0 Å². The zero-order chi connectivity index (χ0) is 14.8. The molecular formula is C16H20FNO3. The van der Waals surface area contributed by atoms with Crippen LogP contribution in [0.5, 0.6) is 5.75 Å². The number of nitrogens with zero attached hydrogens (tertiary/aromatic N) is 1. The van der Waals surface area contributed by atoms with Gasteiger partial charge in [0.05, 0.1) is 25.7 Å². The highest BCUT2D eigenvalue weighted by Gasteiger charge is 2.32. The first-order valence-electron chi connectivity index (χ1n) is 7.50. The first-order chi connectivity index (χ1) is 10.2. The van der Waals surface area contributed by atoms with E-state index in [0.717, 1.165) is 18.4 Å². The van der Waals surface area contributed by atoms with Gasteiger partial charge in [0.25, 0.3) is 0 Å². The molecule has 114 valence electrons. The highest BCUT2D eigenvalue weighted by atomic mass is 19.1. The molecule has 1 aromatic carbocycles. The lowest BCUT2D eigenvalue weighted by atomic mass is 9.96. The Bertz CT molecular complexity index is 541. The van der Waals surface area contributed by atoms with Crippen LogP contribution in [0, 0.1) is 5.82 Å². The van der Waals surface area contributed by atoms with E-state index < -0.39 is 0 Å². The number of amides is 1. The number of carbonyl (C=O) groups is 1. The molecule has 0 aliphatic carbocycles. The lowest BCUT2D eigenvalue weighted by molar-refractivity contribution is -0.134. The van der Waals surface area contributed by atoms with Crippen LogP contribution < -0.4 is 4.74 Å². The maximum absolute atomic E-state index is 14.2. The van der Waals surface area contributed by atoms with E-state index in [1.54, 1.807) is 0 Å². The van der Waals surface area contributed by atoms with Crippen LogP contribution >= 0.6 is 0 Å². The normalized spacial score (nSPS) is 21.5. The van der Waals surface area contributed by atoms with Gasteiger partial charge in [-0.05, 0) is 24.5 Å². The van der Waals surface area contributed by atoms with E-state index in [-0.39, 0.29) is 24.2 Å². The van der Waals surface area contributed by atoms with Crippen LogP contribution in [-0.4, -0.2) is 36.7 Å². The Morgan fingerprint density at radius 2 is 2.33 bits per heavy atom. The van der Waals surface area contributed by atoms with Gasteiger partial charge in [-0.3, -0.25) is 4.79 Å². The fourth-order valence-corrected chi connectivity index (χ4v) is 2.93. The first-order valence-corrected chi connectivity index (χ1v) is 7.50. The third-order valence-corrected chi connectivity index (χ3v) is 4.07. The molecule has 5 heteroatoms. The molecule has 1 aromatic rings. The van der Waals surface area contributed by atoms with Crippen LogP contribution in [0.4, 0.5) is 4.39 Å². The molecule has 0 spiro atoms. The minimum Gasteiger partial charge on any atom is -0.493 e. The number of hydrogen-bond donors (Lipinski definition) is 0. The molecule has 0 saturated carbocycles. The lowest BCUT2D eigenvalue weighted by Gasteiger charge is -2.33. The van der Waals surface area contributed by atoms with Gasteiger partial charge < -0.3 is 14.4 Å². The van der Waals surface area contributed by atoms with Crippen LogP contribution in [0.15, 0.2) is 12.1 Å². The lowest BCUT2D eigenvalue weighted by Crippen LogP contribution is -2.44. The molecule has 1 saturated heterocycles. The quantitative estimate of drug-likeness (QED) is 0.855. The van der Waals surface area contributed by atoms with Gasteiger partial charge in [0.1, 0.15) is 11.6 Å². The summed E-state index contributed by atoms with van der Waals surface area (Å²) in [4.78, 5) is 14.0. The Morgan fingerprint density at radius 3 is 3.05 bits per heavy atom. The second kappa shape index (κ2) is 6.02. The number of fused-ring (bicyclic) bond motifs is 1. The fourth-order valence-electron chi connectivity index (χ4n) is 2.93. The van der Waals surface area contributed by atoms with Crippen LogP contribution in [0.2, 0.25) is 0 Å². The summed E-state index contributed by atoms with van der Waals surface area (Å²) >= 11 is 0. The molecule has 21 heavy (non-hydrogen) atoms. The van der Waals surface area contributed by atoms with Crippen molar-refractivity contribution in [3.05, 3.63) is 29.1 Å². The highest BCUT2D eigenvalue weighted by molar-refractivity contribution is 5.81. The zero-order valence-corrected chi connectivity index (χ0v) is 12.2. The molecule has 2 aliphatic rings. The largest absolute Gasteiger partial charge is 0.493 e. The molecule has 1 unspecified atom stereocenters. The summed E-state index contributed by atoms with van der Waals surface area (Å²) < 4.78 is 25.0. The average Bonchev–Trinajstić information content (AvgIpc) is 2.99. The Morgan fingerprint density at radius 1 is 1.48 bits per heavy atom. The van der Waals surface area contributed by atoms with Gasteiger partial charge in [0.15, 0.2) is 0 Å². The summed E-state index contributed by atoms with van der Waals surface area (Å²) in [5.41, 5.74) is 1.37. The van der Waals surface area contributed by atoms with E-state index in [0.29, 0.717) is 37.7 Å². The summed E-state index contributed by atoms with van der Waals surface area (Å²) in [7, 11) is 0. The average molecular weight is 293 g/mol. The molecule has 3 rings (SSSR count). The van der Waals surface area contributed by atoms with Gasteiger partial charge in [-0.1, -0.05) is 6.92 Å². The number of benzene rings is 1. The van der Waals surface area contributed by atoms with Crippen molar-refractivity contribution in [3.8, 4) is 5.75 Å². The summed E-state index contributed by atoms with van der Waals surface area (Å²) in [6, 6.07) is 3.37. The minimum absolute atomic E-state index is 0.0147. The van der Waals surface area contributed by atoms with Gasteiger partial charge >= 0.3 is 0 Å². The molecule has 1 amide bonds. The Labute approximate surface area is 123 Å². The molecule has 0 radical (unpaired) electrons. The summed E-state index contributed by atoms with van der Waals surface area (Å²) in [5, 5.41) is 0. The minimum atomic E-state index is -0.339. The van der Waals surface area contributed by atoms with Crippen molar-refractivity contribution >= 4 is 5.91 Å². The van der Waals surface area contributed by atoms with Crippen molar-refractivity contribution < 1.29 is 18.7 Å². The second-order valence-electron chi connectivity index (χ2n) is 5.61. The first kappa shape index (κ1) is 14.3. The van der Waals surface area contributed by atoms with Crippen molar-refractivity contribution in [1.82, 2.24) is 4.90 Å². The van der Waals surface area contributed by atoms with E-state index in [4.69, 9.17) is 9.47 Å². The van der Waals surface area contributed by atoms with Gasteiger partial charge in [-0.15, -0.1) is 0 Å². The van der Waals surface area contributed by atoms with Crippen molar-refractivity contribution in [2.75, 3.05) is 19.8 Å². The predicted octanol–water partition coefficient (Wildman–Crippen LogP) is 2.29. The molecule has 4 nitrogen and oxygen atoms in total. The number of carbonyl (C=O) groups excluding carboxylic acids is 1. The Kier molecular flexibility index (Phi) is 4.10. The maximum Gasteiger partial charge on any atom is 0.227 e. The number of halogens is 1. The van der Waals surface area contributed by atoms with E-state index in [1.165, 1.54) is 6.07 Å². The van der Waals surface area contributed by atoms with E-state index in [1.807, 2.05) is 17.9 Å².